The second kappa shape index (κ2) is 22.0. The Kier molecular flexibility index (Phi) is 18.5. The summed E-state index contributed by atoms with van der Waals surface area (Å²) in [4.78, 5) is 64.4. The third-order valence-electron chi connectivity index (χ3n) is 8.03. The number of anilines is 1. The van der Waals surface area contributed by atoms with Crippen LogP contribution < -0.4 is 27.0 Å². The van der Waals surface area contributed by atoms with Gasteiger partial charge < -0.3 is 46.3 Å². The number of urea groups is 1. The van der Waals surface area contributed by atoms with Gasteiger partial charge in [0.15, 0.2) is 0 Å². The highest BCUT2D eigenvalue weighted by atomic mass is 16.5. The molecule has 1 saturated heterocycles. The number of carbonyl (C=O) groups is 5. The largest absolute Gasteiger partial charge is 0.466 e. The highest BCUT2D eigenvalue weighted by Gasteiger charge is 2.31. The number of esters is 1. The third kappa shape index (κ3) is 15.0. The smallest absolute Gasteiger partial charge is 0.312 e. The van der Waals surface area contributed by atoms with Crippen LogP contribution in [0.2, 0.25) is 0 Å². The standard InChI is InChI=1S/C33H54N6O9/c1-5-48-32(44)25-12-14-39(23(4)19-25)15-16-46-17-18-47-21-28(41)38-29(22(2)3)31(43)37-27(7-6-13-35-33(34)45)30(42)36-26-10-8-24(20-40)9-11-26/h8-11,22-23,25,27,29,40H,5-7,12-21H2,1-4H3,(H,36,42)(H,37,43)(H,38,41)(H3,34,35,45)/t23?,25?,27-,29-/m0/s1. The highest BCUT2D eigenvalue weighted by Crippen LogP contribution is 2.23. The summed E-state index contributed by atoms with van der Waals surface area (Å²) in [5, 5.41) is 19.9. The quantitative estimate of drug-likeness (QED) is 0.0799. The Morgan fingerprint density at radius 3 is 2.35 bits per heavy atom. The van der Waals surface area contributed by atoms with E-state index >= 15 is 0 Å². The van der Waals surface area contributed by atoms with Crippen molar-refractivity contribution in [3.63, 3.8) is 0 Å². The molecule has 15 heteroatoms. The minimum Gasteiger partial charge on any atom is -0.466 e. The van der Waals surface area contributed by atoms with E-state index in [0.29, 0.717) is 37.5 Å². The Morgan fingerprint density at radius 2 is 1.73 bits per heavy atom. The number of rotatable bonds is 21. The van der Waals surface area contributed by atoms with Crippen LogP contribution in [0.3, 0.4) is 0 Å². The number of hydrogen-bond donors (Lipinski definition) is 6. The summed E-state index contributed by atoms with van der Waals surface area (Å²) in [6, 6.07) is 4.25. The summed E-state index contributed by atoms with van der Waals surface area (Å²) >= 11 is 0. The van der Waals surface area contributed by atoms with E-state index in [2.05, 4.69) is 33.1 Å². The van der Waals surface area contributed by atoms with Crippen LogP contribution in [-0.2, 0) is 40.0 Å². The second-order valence-corrected chi connectivity index (χ2v) is 12.2. The molecule has 7 N–H and O–H groups in total. The van der Waals surface area contributed by atoms with Crippen molar-refractivity contribution in [3.8, 4) is 0 Å². The number of benzene rings is 1. The molecular formula is C33H54N6O9. The van der Waals surface area contributed by atoms with Gasteiger partial charge in [-0.05, 0) is 69.7 Å². The van der Waals surface area contributed by atoms with Gasteiger partial charge in [-0.2, -0.15) is 0 Å². The van der Waals surface area contributed by atoms with Crippen LogP contribution in [0.25, 0.3) is 0 Å². The number of piperidine rings is 1. The van der Waals surface area contributed by atoms with Gasteiger partial charge in [0.05, 0.1) is 39.0 Å². The maximum Gasteiger partial charge on any atom is 0.312 e. The van der Waals surface area contributed by atoms with E-state index in [0.717, 1.165) is 25.9 Å². The van der Waals surface area contributed by atoms with E-state index in [9.17, 15) is 29.1 Å². The van der Waals surface area contributed by atoms with Crippen molar-refractivity contribution < 1.29 is 43.3 Å². The zero-order valence-electron chi connectivity index (χ0n) is 28.6. The molecule has 270 valence electrons. The molecule has 4 atom stereocenters. The number of aliphatic hydroxyl groups excluding tert-OH is 1. The van der Waals surface area contributed by atoms with E-state index in [1.807, 2.05) is 6.92 Å². The molecular weight excluding hydrogens is 624 g/mol. The summed E-state index contributed by atoms with van der Waals surface area (Å²) in [6.07, 6.45) is 2.07. The van der Waals surface area contributed by atoms with Gasteiger partial charge in [0.25, 0.3) is 0 Å². The Balaban J connectivity index is 1.78. The predicted molar refractivity (Wildman–Crippen MR) is 179 cm³/mol. The number of nitrogens with two attached hydrogens (primary N) is 1. The summed E-state index contributed by atoms with van der Waals surface area (Å²) in [6.45, 7) is 10.1. The van der Waals surface area contributed by atoms with Crippen LogP contribution in [0.15, 0.2) is 24.3 Å². The number of ether oxygens (including phenoxy) is 3. The van der Waals surface area contributed by atoms with Crippen LogP contribution in [0.5, 0.6) is 0 Å². The van der Waals surface area contributed by atoms with Gasteiger partial charge in [-0.1, -0.05) is 26.0 Å². The first-order chi connectivity index (χ1) is 22.9. The van der Waals surface area contributed by atoms with Gasteiger partial charge in [0.2, 0.25) is 17.7 Å². The van der Waals surface area contributed by atoms with Crippen molar-refractivity contribution in [3.05, 3.63) is 29.8 Å². The fraction of sp³-hybridized carbons (Fsp3) is 0.667. The lowest BCUT2D eigenvalue weighted by Crippen LogP contribution is -2.55. The average Bonchev–Trinajstić information content (AvgIpc) is 3.05. The Bertz CT molecular complexity index is 1170. The number of amides is 5. The van der Waals surface area contributed by atoms with Gasteiger partial charge in [0.1, 0.15) is 18.7 Å². The maximum absolute atomic E-state index is 13.3. The molecule has 0 saturated carbocycles. The molecule has 0 spiro atoms. The maximum atomic E-state index is 13.3. The van der Waals surface area contributed by atoms with Crippen LogP contribution in [0.4, 0.5) is 10.5 Å². The molecule has 1 aliphatic heterocycles. The molecule has 0 bridgehead atoms. The van der Waals surface area contributed by atoms with Gasteiger partial charge in [0, 0.05) is 24.8 Å². The topological polar surface area (TPSA) is 211 Å². The zero-order chi connectivity index (χ0) is 35.5. The highest BCUT2D eigenvalue weighted by molar-refractivity contribution is 5.98. The lowest BCUT2D eigenvalue weighted by molar-refractivity contribution is -0.150. The number of primary amides is 1. The monoisotopic (exact) mass is 678 g/mol. The number of hydrogen-bond acceptors (Lipinski definition) is 10. The third-order valence-corrected chi connectivity index (χ3v) is 8.03. The first-order valence-electron chi connectivity index (χ1n) is 16.6. The molecule has 0 aliphatic carbocycles. The first kappa shape index (κ1) is 40.4. The van der Waals surface area contributed by atoms with E-state index in [1.165, 1.54) is 0 Å². The first-order valence-corrected chi connectivity index (χ1v) is 16.6. The van der Waals surface area contributed by atoms with E-state index in [1.54, 1.807) is 38.1 Å². The number of nitrogens with zero attached hydrogens (tertiary/aromatic N) is 1. The molecule has 1 heterocycles. The van der Waals surface area contributed by atoms with Crippen molar-refractivity contribution in [1.82, 2.24) is 20.9 Å². The predicted octanol–water partition coefficient (Wildman–Crippen LogP) is 0.888. The average molecular weight is 679 g/mol. The molecule has 15 nitrogen and oxygen atoms in total. The second-order valence-electron chi connectivity index (χ2n) is 12.2. The van der Waals surface area contributed by atoms with E-state index in [-0.39, 0.29) is 56.6 Å². The molecule has 0 radical (unpaired) electrons. The van der Waals surface area contributed by atoms with Crippen LogP contribution in [0.1, 0.15) is 58.9 Å². The van der Waals surface area contributed by atoms with Crippen LogP contribution >= 0.6 is 0 Å². The van der Waals surface area contributed by atoms with Crippen molar-refractivity contribution in [2.75, 3.05) is 58.0 Å². The van der Waals surface area contributed by atoms with Gasteiger partial charge in [-0.25, -0.2) is 4.79 Å². The molecule has 2 unspecified atom stereocenters. The summed E-state index contributed by atoms with van der Waals surface area (Å²) < 4.78 is 16.3. The van der Waals surface area contributed by atoms with Crippen LogP contribution in [0, 0.1) is 11.8 Å². The van der Waals surface area contributed by atoms with Gasteiger partial charge in [-0.3, -0.25) is 24.1 Å². The SMILES string of the molecule is CCOC(=O)C1CCN(CCOCCOCC(=O)N[C@H](C(=O)N[C@@H](CCCNC(N)=O)C(=O)Nc2ccc(CO)cc2)C(C)C)C(C)C1. The number of aliphatic hydroxyl groups is 1. The lowest BCUT2D eigenvalue weighted by atomic mass is 9.92. The molecule has 0 aromatic heterocycles. The van der Waals surface area contributed by atoms with Gasteiger partial charge >= 0.3 is 12.0 Å². The van der Waals surface area contributed by atoms with Crippen molar-refractivity contribution in [2.24, 2.45) is 17.6 Å². The summed E-state index contributed by atoms with van der Waals surface area (Å²) in [7, 11) is 0. The normalized spacial score (nSPS) is 17.6. The van der Waals surface area contributed by atoms with Crippen molar-refractivity contribution >= 4 is 35.4 Å². The molecule has 48 heavy (non-hydrogen) atoms. The molecule has 1 aromatic carbocycles. The van der Waals surface area contributed by atoms with E-state index < -0.39 is 35.8 Å². The van der Waals surface area contributed by atoms with Crippen LogP contribution in [-0.4, -0.2) is 111 Å². The van der Waals surface area contributed by atoms with Crippen molar-refractivity contribution in [1.29, 1.82) is 0 Å². The summed E-state index contributed by atoms with van der Waals surface area (Å²) in [5.74, 6) is -1.99. The number of likely N-dealkylation sites (tertiary alicyclic amines) is 1. The molecule has 2 rings (SSSR count). The summed E-state index contributed by atoms with van der Waals surface area (Å²) in [5.41, 5.74) is 6.28. The fourth-order valence-electron chi connectivity index (χ4n) is 5.31. The molecule has 1 fully saturated rings. The Labute approximate surface area is 283 Å². The van der Waals surface area contributed by atoms with Crippen molar-refractivity contribution in [2.45, 2.75) is 78.1 Å². The molecule has 1 aromatic rings. The number of carbonyl (C=O) groups excluding carboxylic acids is 5. The Hall–Kier alpha value is -3.79. The van der Waals surface area contributed by atoms with E-state index in [4.69, 9.17) is 19.9 Å². The molecule has 1 aliphatic rings. The minimum absolute atomic E-state index is 0.0574. The fourth-order valence-corrected chi connectivity index (χ4v) is 5.31. The lowest BCUT2D eigenvalue weighted by Gasteiger charge is -2.36. The zero-order valence-corrected chi connectivity index (χ0v) is 28.6. The number of nitrogens with one attached hydrogen (secondary N) is 4. The minimum atomic E-state index is -0.969. The molecule has 5 amide bonds. The van der Waals surface area contributed by atoms with Gasteiger partial charge in [-0.15, -0.1) is 0 Å². The Morgan fingerprint density at radius 1 is 1.02 bits per heavy atom.